The lowest BCUT2D eigenvalue weighted by atomic mass is 10.0. The minimum atomic E-state index is 0.171. The number of rotatable bonds is 5. The highest BCUT2D eigenvalue weighted by Crippen LogP contribution is 2.25. The normalized spacial score (nSPS) is 17.0. The molecule has 134 valence electrons. The first-order chi connectivity index (χ1) is 12.7. The van der Waals surface area contributed by atoms with Gasteiger partial charge in [0.2, 0.25) is 5.91 Å². The molecule has 1 fully saturated rings. The number of aromatic amines is 1. The zero-order chi connectivity index (χ0) is 17.9. The average Bonchev–Trinajstić information content (AvgIpc) is 3.29. The van der Waals surface area contributed by atoms with E-state index in [9.17, 15) is 4.79 Å². The van der Waals surface area contributed by atoms with Crippen molar-refractivity contribution in [1.29, 1.82) is 0 Å². The van der Waals surface area contributed by atoms with Crippen molar-refractivity contribution in [1.82, 2.24) is 15.1 Å². The van der Waals surface area contributed by atoms with Crippen LogP contribution in [0.1, 0.15) is 24.1 Å². The molecule has 4 rings (SSSR count). The maximum absolute atomic E-state index is 12.9. The number of aromatic nitrogens is 2. The molecule has 26 heavy (non-hydrogen) atoms. The summed E-state index contributed by atoms with van der Waals surface area (Å²) in [7, 11) is 1.68. The van der Waals surface area contributed by atoms with Crippen LogP contribution in [-0.4, -0.2) is 40.7 Å². The summed E-state index contributed by atoms with van der Waals surface area (Å²) in [5.74, 6) is 1.03. The molecule has 0 bridgehead atoms. The molecule has 1 N–H and O–H groups in total. The van der Waals surface area contributed by atoms with Crippen LogP contribution in [0, 0.1) is 0 Å². The lowest BCUT2D eigenvalue weighted by Crippen LogP contribution is -2.37. The highest BCUT2D eigenvalue weighted by Gasteiger charge is 2.29. The third-order valence-electron chi connectivity index (χ3n) is 5.17. The van der Waals surface area contributed by atoms with Crippen LogP contribution in [0.5, 0.6) is 5.75 Å². The Kier molecular flexibility index (Phi) is 4.61. The number of hydrogen-bond acceptors (Lipinski definition) is 3. The second-order valence-corrected chi connectivity index (χ2v) is 6.83. The molecule has 0 aliphatic carbocycles. The maximum Gasteiger partial charge on any atom is 0.228 e. The summed E-state index contributed by atoms with van der Waals surface area (Å²) in [5, 5.41) is 8.36. The first kappa shape index (κ1) is 16.6. The first-order valence-corrected chi connectivity index (χ1v) is 9.09. The zero-order valence-corrected chi connectivity index (χ0v) is 14.9. The third kappa shape index (κ3) is 3.29. The van der Waals surface area contributed by atoms with Crippen LogP contribution in [0.3, 0.4) is 0 Å². The van der Waals surface area contributed by atoms with E-state index in [4.69, 9.17) is 4.74 Å². The monoisotopic (exact) mass is 349 g/mol. The van der Waals surface area contributed by atoms with Crippen molar-refractivity contribution in [2.75, 3.05) is 13.7 Å². The van der Waals surface area contributed by atoms with Crippen LogP contribution in [0.25, 0.3) is 10.9 Å². The number of carbonyl (C=O) groups excluding carboxylic acids is 1. The van der Waals surface area contributed by atoms with Crippen LogP contribution in [0.15, 0.2) is 48.5 Å². The molecule has 0 saturated carbocycles. The lowest BCUT2D eigenvalue weighted by Gasteiger charge is -2.25. The average molecular weight is 349 g/mol. The summed E-state index contributed by atoms with van der Waals surface area (Å²) in [6, 6.07) is 16.3. The molecule has 5 heteroatoms. The van der Waals surface area contributed by atoms with Crippen LogP contribution in [-0.2, 0) is 17.6 Å². The number of hydrogen-bond donors (Lipinski definition) is 1. The lowest BCUT2D eigenvalue weighted by molar-refractivity contribution is -0.131. The Labute approximate surface area is 153 Å². The van der Waals surface area contributed by atoms with Gasteiger partial charge in [0.15, 0.2) is 0 Å². The number of nitrogens with zero attached hydrogens (tertiary/aromatic N) is 2. The van der Waals surface area contributed by atoms with Gasteiger partial charge >= 0.3 is 0 Å². The Morgan fingerprint density at radius 2 is 2.15 bits per heavy atom. The molecular formula is C21H23N3O2. The SMILES string of the molecule is COc1cccc(CC2CCCN2C(=O)Cc2[nH]nc3ccccc23)c1. The van der Waals surface area contributed by atoms with E-state index in [2.05, 4.69) is 22.3 Å². The largest absolute Gasteiger partial charge is 0.497 e. The number of fused-ring (bicyclic) bond motifs is 1. The quantitative estimate of drug-likeness (QED) is 0.768. The molecule has 2 aromatic carbocycles. The molecule has 0 radical (unpaired) electrons. The van der Waals surface area contributed by atoms with Gasteiger partial charge in [-0.25, -0.2) is 0 Å². The van der Waals surface area contributed by atoms with Gasteiger partial charge in [0, 0.05) is 18.0 Å². The Morgan fingerprint density at radius 3 is 3.04 bits per heavy atom. The summed E-state index contributed by atoms with van der Waals surface area (Å²) in [4.78, 5) is 15.0. The van der Waals surface area contributed by atoms with Crippen molar-refractivity contribution < 1.29 is 9.53 Å². The minimum absolute atomic E-state index is 0.171. The van der Waals surface area contributed by atoms with Crippen LogP contribution in [0.4, 0.5) is 0 Å². The summed E-state index contributed by atoms with van der Waals surface area (Å²) in [5.41, 5.74) is 3.02. The Bertz CT molecular complexity index is 918. The second kappa shape index (κ2) is 7.20. The van der Waals surface area contributed by atoms with Crippen molar-refractivity contribution in [2.24, 2.45) is 0 Å². The molecule has 3 aromatic rings. The van der Waals surface area contributed by atoms with Gasteiger partial charge in [-0.15, -0.1) is 0 Å². The van der Waals surface area contributed by atoms with Crippen molar-refractivity contribution >= 4 is 16.8 Å². The molecule has 1 saturated heterocycles. The fourth-order valence-electron chi connectivity index (χ4n) is 3.85. The van der Waals surface area contributed by atoms with E-state index >= 15 is 0 Å². The Hall–Kier alpha value is -2.82. The van der Waals surface area contributed by atoms with E-state index in [-0.39, 0.29) is 11.9 Å². The molecule has 1 aromatic heterocycles. The van der Waals surface area contributed by atoms with Gasteiger partial charge in [0.25, 0.3) is 0 Å². The van der Waals surface area contributed by atoms with Gasteiger partial charge in [-0.3, -0.25) is 9.89 Å². The number of H-pyrrole nitrogens is 1. The van der Waals surface area contributed by atoms with Crippen LogP contribution in [0.2, 0.25) is 0 Å². The molecule has 5 nitrogen and oxygen atoms in total. The van der Waals surface area contributed by atoms with Crippen molar-refractivity contribution in [3.63, 3.8) is 0 Å². The molecular weight excluding hydrogens is 326 g/mol. The van der Waals surface area contributed by atoms with Gasteiger partial charge < -0.3 is 9.64 Å². The van der Waals surface area contributed by atoms with Crippen molar-refractivity contribution in [3.8, 4) is 5.75 Å². The first-order valence-electron chi connectivity index (χ1n) is 9.09. The van der Waals surface area contributed by atoms with E-state index in [1.165, 1.54) is 5.56 Å². The molecule has 1 aliphatic heterocycles. The zero-order valence-electron chi connectivity index (χ0n) is 14.9. The van der Waals surface area contributed by atoms with Gasteiger partial charge in [-0.1, -0.05) is 30.3 Å². The fourth-order valence-corrected chi connectivity index (χ4v) is 3.85. The predicted octanol–water partition coefficient (Wildman–Crippen LogP) is 3.35. The topological polar surface area (TPSA) is 58.2 Å². The van der Waals surface area contributed by atoms with Gasteiger partial charge in [0.1, 0.15) is 5.75 Å². The summed E-state index contributed by atoms with van der Waals surface area (Å²) >= 11 is 0. The molecule has 1 unspecified atom stereocenters. The van der Waals surface area contributed by atoms with E-state index in [0.29, 0.717) is 6.42 Å². The predicted molar refractivity (Wildman–Crippen MR) is 101 cm³/mol. The number of likely N-dealkylation sites (tertiary alicyclic amines) is 1. The number of carbonyl (C=O) groups is 1. The Balaban J connectivity index is 1.48. The molecule has 2 heterocycles. The number of para-hydroxylation sites is 1. The number of methoxy groups -OCH3 is 1. The van der Waals surface area contributed by atoms with E-state index in [0.717, 1.165) is 48.2 Å². The van der Waals surface area contributed by atoms with Gasteiger partial charge in [-0.05, 0) is 43.0 Å². The molecule has 1 amide bonds. The highest BCUT2D eigenvalue weighted by atomic mass is 16.5. The van der Waals surface area contributed by atoms with E-state index < -0.39 is 0 Å². The van der Waals surface area contributed by atoms with Crippen LogP contribution >= 0.6 is 0 Å². The summed E-state index contributed by atoms with van der Waals surface area (Å²) in [6.07, 6.45) is 3.35. The summed E-state index contributed by atoms with van der Waals surface area (Å²) in [6.45, 7) is 0.833. The standard InChI is InChI=1S/C21H23N3O2/c1-26-17-8-4-6-15(13-17)12-16-7-5-11-24(16)21(25)14-20-18-9-2-3-10-19(18)22-23-20/h2-4,6,8-10,13,16H,5,7,11-12,14H2,1H3,(H,22,23). The number of nitrogens with one attached hydrogen (secondary N) is 1. The molecule has 1 atom stereocenters. The molecule has 0 spiro atoms. The van der Waals surface area contributed by atoms with E-state index in [1.54, 1.807) is 7.11 Å². The highest BCUT2D eigenvalue weighted by molar-refractivity contribution is 5.87. The number of benzene rings is 2. The van der Waals surface area contributed by atoms with Crippen molar-refractivity contribution in [3.05, 3.63) is 59.8 Å². The van der Waals surface area contributed by atoms with Crippen molar-refractivity contribution in [2.45, 2.75) is 31.7 Å². The van der Waals surface area contributed by atoms with Gasteiger partial charge in [-0.2, -0.15) is 5.10 Å². The third-order valence-corrected chi connectivity index (χ3v) is 5.17. The Morgan fingerprint density at radius 1 is 1.27 bits per heavy atom. The number of ether oxygens (including phenoxy) is 1. The molecule has 1 aliphatic rings. The number of amides is 1. The minimum Gasteiger partial charge on any atom is -0.497 e. The maximum atomic E-state index is 12.9. The smallest absolute Gasteiger partial charge is 0.228 e. The van der Waals surface area contributed by atoms with Gasteiger partial charge in [0.05, 0.1) is 24.7 Å². The fraction of sp³-hybridized carbons (Fsp3) is 0.333. The summed E-state index contributed by atoms with van der Waals surface area (Å²) < 4.78 is 5.31. The van der Waals surface area contributed by atoms with E-state index in [1.807, 2.05) is 41.3 Å². The van der Waals surface area contributed by atoms with Crippen LogP contribution < -0.4 is 4.74 Å². The second-order valence-electron chi connectivity index (χ2n) is 6.83.